The molecule has 0 spiro atoms. The van der Waals surface area contributed by atoms with Crippen LogP contribution in [0.25, 0.3) is 11.3 Å². The highest BCUT2D eigenvalue weighted by Crippen LogP contribution is 2.29. The molecule has 1 aliphatic carbocycles. The summed E-state index contributed by atoms with van der Waals surface area (Å²) in [6, 6.07) is 14.7. The van der Waals surface area contributed by atoms with Gasteiger partial charge in [0.1, 0.15) is 5.82 Å². The third kappa shape index (κ3) is 3.92. The molecule has 4 rings (SSSR count). The second kappa shape index (κ2) is 7.74. The van der Waals surface area contributed by atoms with E-state index in [9.17, 15) is 9.18 Å². The van der Waals surface area contributed by atoms with E-state index in [0.717, 1.165) is 19.3 Å². The highest BCUT2D eigenvalue weighted by molar-refractivity contribution is 5.76. The van der Waals surface area contributed by atoms with E-state index in [0.29, 0.717) is 23.6 Å². The number of halogens is 1. The van der Waals surface area contributed by atoms with Gasteiger partial charge in [0.2, 0.25) is 5.91 Å². The molecule has 0 bridgehead atoms. The number of rotatable bonds is 5. The van der Waals surface area contributed by atoms with Crippen LogP contribution in [0.3, 0.4) is 0 Å². The summed E-state index contributed by atoms with van der Waals surface area (Å²) in [5.74, 6) is 0.438. The Bertz CT molecular complexity index is 951. The number of amides is 1. The first-order valence-corrected chi connectivity index (χ1v) is 9.27. The zero-order valence-corrected chi connectivity index (χ0v) is 15.0. The van der Waals surface area contributed by atoms with E-state index in [-0.39, 0.29) is 24.2 Å². The molecule has 0 radical (unpaired) electrons. The van der Waals surface area contributed by atoms with Crippen LogP contribution in [0, 0.1) is 5.82 Å². The molecule has 0 aliphatic heterocycles. The Labute approximate surface area is 157 Å². The number of aromatic nitrogens is 1. The first-order valence-electron chi connectivity index (χ1n) is 9.27. The van der Waals surface area contributed by atoms with Crippen LogP contribution in [0.5, 0.6) is 0 Å². The van der Waals surface area contributed by atoms with Crippen molar-refractivity contribution < 1.29 is 13.6 Å². The Morgan fingerprint density at radius 1 is 1.19 bits per heavy atom. The largest absolute Gasteiger partial charge is 0.441 e. The van der Waals surface area contributed by atoms with E-state index in [4.69, 9.17) is 4.42 Å². The molecule has 0 fully saturated rings. The second-order valence-electron chi connectivity index (χ2n) is 6.81. The molecule has 1 atom stereocenters. The molecule has 2 aromatic carbocycles. The number of oxazole rings is 1. The van der Waals surface area contributed by atoms with Gasteiger partial charge in [-0.05, 0) is 42.5 Å². The van der Waals surface area contributed by atoms with Gasteiger partial charge in [-0.15, -0.1) is 0 Å². The molecular weight excluding hydrogens is 343 g/mol. The fraction of sp³-hybridized carbons (Fsp3) is 0.273. The highest BCUT2D eigenvalue weighted by atomic mass is 19.1. The number of carbonyl (C=O) groups is 1. The Morgan fingerprint density at radius 2 is 2.00 bits per heavy atom. The van der Waals surface area contributed by atoms with Crippen molar-refractivity contribution in [3.8, 4) is 11.3 Å². The first-order chi connectivity index (χ1) is 13.2. The molecule has 1 N–H and O–H groups in total. The van der Waals surface area contributed by atoms with Gasteiger partial charge in [-0.2, -0.15) is 0 Å². The predicted molar refractivity (Wildman–Crippen MR) is 100 cm³/mol. The maximum absolute atomic E-state index is 13.8. The van der Waals surface area contributed by atoms with Crippen molar-refractivity contribution in [3.63, 3.8) is 0 Å². The minimum absolute atomic E-state index is 0.0256. The average molecular weight is 364 g/mol. The molecule has 1 unspecified atom stereocenters. The van der Waals surface area contributed by atoms with Gasteiger partial charge in [-0.1, -0.05) is 36.4 Å². The van der Waals surface area contributed by atoms with Gasteiger partial charge in [0.05, 0.1) is 17.8 Å². The van der Waals surface area contributed by atoms with Crippen LogP contribution in [-0.2, 0) is 17.6 Å². The summed E-state index contributed by atoms with van der Waals surface area (Å²) < 4.78 is 19.4. The van der Waals surface area contributed by atoms with Crippen LogP contribution < -0.4 is 5.32 Å². The molecular formula is C22H21FN2O2. The quantitative estimate of drug-likeness (QED) is 0.719. The molecule has 1 aromatic heterocycles. The molecule has 5 heteroatoms. The number of hydrogen-bond acceptors (Lipinski definition) is 3. The number of nitrogens with zero attached hydrogens (tertiary/aromatic N) is 1. The molecule has 4 nitrogen and oxygen atoms in total. The predicted octanol–water partition coefficient (Wildman–Crippen LogP) is 4.61. The zero-order valence-electron chi connectivity index (χ0n) is 15.0. The summed E-state index contributed by atoms with van der Waals surface area (Å²) in [6.45, 7) is 0. The van der Waals surface area contributed by atoms with E-state index < -0.39 is 0 Å². The van der Waals surface area contributed by atoms with Crippen molar-refractivity contribution in [3.05, 3.63) is 77.6 Å². The second-order valence-corrected chi connectivity index (χ2v) is 6.81. The van der Waals surface area contributed by atoms with Crippen LogP contribution in [0.4, 0.5) is 4.39 Å². The number of benzene rings is 2. The summed E-state index contributed by atoms with van der Waals surface area (Å²) in [4.78, 5) is 16.6. The Hall–Kier alpha value is -2.95. The lowest BCUT2D eigenvalue weighted by atomic mass is 9.87. The number of nitrogens with one attached hydrogen (secondary N) is 1. The van der Waals surface area contributed by atoms with Gasteiger partial charge < -0.3 is 9.73 Å². The average Bonchev–Trinajstić information content (AvgIpc) is 3.16. The van der Waals surface area contributed by atoms with Crippen LogP contribution in [0.15, 0.2) is 59.1 Å². The SMILES string of the molecule is O=C(CCc1ncc(-c2ccccc2F)o1)NC1CCCc2ccccc21. The molecule has 1 aliphatic rings. The Morgan fingerprint density at radius 3 is 2.89 bits per heavy atom. The lowest BCUT2D eigenvalue weighted by Gasteiger charge is -2.26. The molecule has 27 heavy (non-hydrogen) atoms. The third-order valence-corrected chi connectivity index (χ3v) is 4.96. The number of hydrogen-bond donors (Lipinski definition) is 1. The number of carbonyl (C=O) groups excluding carboxylic acids is 1. The minimum atomic E-state index is -0.353. The fourth-order valence-electron chi connectivity index (χ4n) is 3.60. The van der Waals surface area contributed by atoms with Gasteiger partial charge in [0.15, 0.2) is 11.7 Å². The van der Waals surface area contributed by atoms with Crippen LogP contribution in [-0.4, -0.2) is 10.9 Å². The van der Waals surface area contributed by atoms with E-state index >= 15 is 0 Å². The van der Waals surface area contributed by atoms with Crippen molar-refractivity contribution in [2.45, 2.75) is 38.1 Å². The topological polar surface area (TPSA) is 55.1 Å². The fourth-order valence-corrected chi connectivity index (χ4v) is 3.60. The smallest absolute Gasteiger partial charge is 0.220 e. The number of aryl methyl sites for hydroxylation is 2. The van der Waals surface area contributed by atoms with Crippen molar-refractivity contribution >= 4 is 5.91 Å². The van der Waals surface area contributed by atoms with Gasteiger partial charge in [0.25, 0.3) is 0 Å². The summed E-state index contributed by atoms with van der Waals surface area (Å²) in [6.07, 6.45) is 5.28. The van der Waals surface area contributed by atoms with Crippen LogP contribution >= 0.6 is 0 Å². The van der Waals surface area contributed by atoms with Crippen molar-refractivity contribution in [2.24, 2.45) is 0 Å². The standard InChI is InChI=1S/C22H21FN2O2/c23-18-10-4-3-9-17(18)20-14-24-22(27-20)13-12-21(26)25-19-11-5-7-15-6-1-2-8-16(15)19/h1-4,6,8-10,14,19H,5,7,11-13H2,(H,25,26). The highest BCUT2D eigenvalue weighted by Gasteiger charge is 2.21. The summed E-state index contributed by atoms with van der Waals surface area (Å²) >= 11 is 0. The van der Waals surface area contributed by atoms with Gasteiger partial charge in [0, 0.05) is 12.8 Å². The van der Waals surface area contributed by atoms with Gasteiger partial charge in [-0.25, -0.2) is 9.37 Å². The maximum atomic E-state index is 13.8. The summed E-state index contributed by atoms with van der Waals surface area (Å²) in [5.41, 5.74) is 2.91. The maximum Gasteiger partial charge on any atom is 0.220 e. The monoisotopic (exact) mass is 364 g/mol. The van der Waals surface area contributed by atoms with Crippen molar-refractivity contribution in [1.29, 1.82) is 0 Å². The number of fused-ring (bicyclic) bond motifs is 1. The lowest BCUT2D eigenvalue weighted by molar-refractivity contribution is -0.122. The van der Waals surface area contributed by atoms with Crippen molar-refractivity contribution in [2.75, 3.05) is 0 Å². The van der Waals surface area contributed by atoms with E-state index in [1.807, 2.05) is 12.1 Å². The van der Waals surface area contributed by atoms with Gasteiger partial charge >= 0.3 is 0 Å². The van der Waals surface area contributed by atoms with Crippen molar-refractivity contribution in [1.82, 2.24) is 10.3 Å². The summed E-state index contributed by atoms with van der Waals surface area (Å²) in [5, 5.41) is 3.12. The normalized spacial score (nSPS) is 16.0. The van der Waals surface area contributed by atoms with E-state index in [1.54, 1.807) is 18.2 Å². The molecule has 1 amide bonds. The van der Waals surface area contributed by atoms with E-state index in [2.05, 4.69) is 22.4 Å². The molecule has 0 saturated heterocycles. The van der Waals surface area contributed by atoms with Crippen LogP contribution in [0.2, 0.25) is 0 Å². The third-order valence-electron chi connectivity index (χ3n) is 4.96. The molecule has 0 saturated carbocycles. The Balaban J connectivity index is 1.36. The lowest BCUT2D eigenvalue weighted by Crippen LogP contribution is -2.31. The molecule has 1 heterocycles. The molecule has 138 valence electrons. The zero-order chi connectivity index (χ0) is 18.6. The van der Waals surface area contributed by atoms with Gasteiger partial charge in [-0.3, -0.25) is 4.79 Å². The minimum Gasteiger partial charge on any atom is -0.441 e. The first kappa shape index (κ1) is 17.5. The Kier molecular flexibility index (Phi) is 5.01. The molecule has 3 aromatic rings. The van der Waals surface area contributed by atoms with E-state index in [1.165, 1.54) is 23.4 Å². The van der Waals surface area contributed by atoms with Crippen LogP contribution in [0.1, 0.15) is 42.3 Å². The summed E-state index contributed by atoms with van der Waals surface area (Å²) in [7, 11) is 0.